The van der Waals surface area contributed by atoms with Crippen molar-refractivity contribution in [2.75, 3.05) is 7.05 Å². The first-order valence-corrected chi connectivity index (χ1v) is 3.60. The van der Waals surface area contributed by atoms with Crippen LogP contribution in [0.1, 0.15) is 11.1 Å². The van der Waals surface area contributed by atoms with E-state index in [1.807, 2.05) is 18.2 Å². The lowest BCUT2D eigenvalue weighted by Crippen LogP contribution is -1.72. The third-order valence-electron chi connectivity index (χ3n) is 1.28. The first kappa shape index (κ1) is 9.92. The molecule has 60 valence electrons. The van der Waals surface area contributed by atoms with E-state index in [9.17, 15) is 0 Å². The van der Waals surface area contributed by atoms with Crippen LogP contribution in [0.4, 0.5) is 0 Å². The van der Waals surface area contributed by atoms with E-state index in [0.29, 0.717) is 0 Å². The fraction of sp³-hybridized carbons (Fsp3) is 0.200. The Hall–Kier alpha value is -1.08. The molecule has 0 aromatic heterocycles. The minimum atomic E-state index is 1.19. The Bertz CT molecular complexity index is 216. The summed E-state index contributed by atoms with van der Waals surface area (Å²) in [4.78, 5) is 0. The number of benzene rings is 1. The second kappa shape index (κ2) is 5.69. The van der Waals surface area contributed by atoms with Crippen molar-refractivity contribution >= 4 is 6.08 Å². The maximum Gasteiger partial charge on any atom is -0.0195 e. The topological polar surface area (TPSA) is 26.0 Å². The molecule has 1 heteroatoms. The van der Waals surface area contributed by atoms with E-state index in [4.69, 9.17) is 0 Å². The van der Waals surface area contributed by atoms with Crippen LogP contribution >= 0.6 is 0 Å². The zero-order chi connectivity index (χ0) is 8.69. The molecule has 0 aliphatic carbocycles. The zero-order valence-corrected chi connectivity index (χ0v) is 7.17. The summed E-state index contributed by atoms with van der Waals surface area (Å²) in [6, 6.07) is 8.26. The van der Waals surface area contributed by atoms with Crippen LogP contribution in [0.3, 0.4) is 0 Å². The van der Waals surface area contributed by atoms with Gasteiger partial charge in [-0.15, -0.1) is 0 Å². The maximum absolute atomic E-state index is 4.50. The molecular weight excluding hydrogens is 134 g/mol. The van der Waals surface area contributed by atoms with Crippen LogP contribution in [0.15, 0.2) is 30.8 Å². The molecule has 1 rings (SSSR count). The van der Waals surface area contributed by atoms with Gasteiger partial charge >= 0.3 is 0 Å². The summed E-state index contributed by atoms with van der Waals surface area (Å²) in [6.07, 6.45) is 1.85. The van der Waals surface area contributed by atoms with Gasteiger partial charge in [0.15, 0.2) is 0 Å². The first-order chi connectivity index (χ1) is 5.33. The fourth-order valence-electron chi connectivity index (χ4n) is 0.797. The second-order valence-electron chi connectivity index (χ2n) is 2.12. The van der Waals surface area contributed by atoms with Gasteiger partial charge in [0.05, 0.1) is 0 Å². The lowest BCUT2D eigenvalue weighted by molar-refractivity contribution is 1.46. The van der Waals surface area contributed by atoms with Crippen LogP contribution in [-0.4, -0.2) is 7.05 Å². The highest BCUT2D eigenvalue weighted by Gasteiger charge is 1.83. The van der Waals surface area contributed by atoms with Gasteiger partial charge < -0.3 is 5.73 Å². The molecule has 0 saturated heterocycles. The molecule has 0 fully saturated rings. The standard InChI is InChI=1S/C9H10.CH5N/c1-3-9-6-4-5-8(2)7-9;1-2/h3-7H,1H2,2H3;2H2,1H3. The Morgan fingerprint density at radius 1 is 1.36 bits per heavy atom. The number of hydrogen-bond acceptors (Lipinski definition) is 1. The van der Waals surface area contributed by atoms with E-state index in [0.717, 1.165) is 0 Å². The summed E-state index contributed by atoms with van der Waals surface area (Å²) >= 11 is 0. The van der Waals surface area contributed by atoms with Crippen LogP contribution in [0.25, 0.3) is 6.08 Å². The lowest BCUT2D eigenvalue weighted by atomic mass is 10.1. The van der Waals surface area contributed by atoms with Gasteiger partial charge in [0.2, 0.25) is 0 Å². The smallest absolute Gasteiger partial charge is 0.0195 e. The minimum Gasteiger partial charge on any atom is -0.333 e. The molecule has 1 nitrogen and oxygen atoms in total. The minimum absolute atomic E-state index is 1.19. The molecule has 0 saturated carbocycles. The van der Waals surface area contributed by atoms with Crippen molar-refractivity contribution in [2.24, 2.45) is 5.73 Å². The van der Waals surface area contributed by atoms with Gasteiger partial charge in [-0.1, -0.05) is 42.5 Å². The molecule has 0 spiro atoms. The van der Waals surface area contributed by atoms with Crippen LogP contribution in [0, 0.1) is 6.92 Å². The second-order valence-corrected chi connectivity index (χ2v) is 2.12. The third-order valence-corrected chi connectivity index (χ3v) is 1.28. The van der Waals surface area contributed by atoms with Crippen molar-refractivity contribution in [3.63, 3.8) is 0 Å². The molecule has 0 amide bonds. The molecule has 0 bridgehead atoms. The van der Waals surface area contributed by atoms with E-state index in [-0.39, 0.29) is 0 Å². The van der Waals surface area contributed by atoms with Gasteiger partial charge in [0.25, 0.3) is 0 Å². The Morgan fingerprint density at radius 3 is 2.36 bits per heavy atom. The molecule has 11 heavy (non-hydrogen) atoms. The van der Waals surface area contributed by atoms with Gasteiger partial charge in [-0.3, -0.25) is 0 Å². The van der Waals surface area contributed by atoms with Crippen molar-refractivity contribution < 1.29 is 0 Å². The van der Waals surface area contributed by atoms with Crippen molar-refractivity contribution in [1.29, 1.82) is 0 Å². The van der Waals surface area contributed by atoms with Crippen LogP contribution in [-0.2, 0) is 0 Å². The average molecular weight is 149 g/mol. The van der Waals surface area contributed by atoms with Gasteiger partial charge in [-0.25, -0.2) is 0 Å². The highest BCUT2D eigenvalue weighted by molar-refractivity contribution is 5.47. The molecule has 0 radical (unpaired) electrons. The highest BCUT2D eigenvalue weighted by atomic mass is 14.4. The zero-order valence-electron chi connectivity index (χ0n) is 7.17. The van der Waals surface area contributed by atoms with Gasteiger partial charge in [-0.05, 0) is 19.5 Å². The Morgan fingerprint density at radius 2 is 2.00 bits per heavy atom. The third kappa shape index (κ3) is 3.58. The molecule has 0 aliphatic rings. The van der Waals surface area contributed by atoms with E-state index >= 15 is 0 Å². The largest absolute Gasteiger partial charge is 0.333 e. The quantitative estimate of drug-likeness (QED) is 0.651. The number of nitrogens with two attached hydrogens (primary N) is 1. The fourth-order valence-corrected chi connectivity index (χ4v) is 0.797. The summed E-state index contributed by atoms with van der Waals surface area (Å²) in [5.41, 5.74) is 6.97. The number of hydrogen-bond donors (Lipinski definition) is 1. The summed E-state index contributed by atoms with van der Waals surface area (Å²) in [7, 11) is 1.50. The molecule has 0 unspecified atom stereocenters. The van der Waals surface area contributed by atoms with Crippen molar-refractivity contribution in [3.05, 3.63) is 42.0 Å². The Kier molecular flexibility index (Phi) is 5.13. The first-order valence-electron chi connectivity index (χ1n) is 3.60. The SMILES string of the molecule is C=Cc1cccc(C)c1.CN. The number of rotatable bonds is 1. The van der Waals surface area contributed by atoms with Crippen LogP contribution < -0.4 is 5.73 Å². The molecule has 0 heterocycles. The van der Waals surface area contributed by atoms with E-state index in [1.54, 1.807) is 0 Å². The molecule has 0 aliphatic heterocycles. The Balaban J connectivity index is 0.000000461. The predicted octanol–water partition coefficient (Wildman–Crippen LogP) is 2.21. The Labute approximate surface area is 68.5 Å². The molecular formula is C10H15N. The van der Waals surface area contributed by atoms with Gasteiger partial charge in [0, 0.05) is 0 Å². The summed E-state index contributed by atoms with van der Waals surface area (Å²) in [6.45, 7) is 5.75. The number of aryl methyl sites for hydroxylation is 1. The molecule has 1 aromatic rings. The average Bonchev–Trinajstić information content (AvgIpc) is 2.08. The van der Waals surface area contributed by atoms with Crippen molar-refractivity contribution in [1.82, 2.24) is 0 Å². The normalized spacial score (nSPS) is 7.91. The molecule has 0 atom stereocenters. The summed E-state index contributed by atoms with van der Waals surface area (Å²) in [5.74, 6) is 0. The van der Waals surface area contributed by atoms with Crippen LogP contribution in [0.5, 0.6) is 0 Å². The predicted molar refractivity (Wildman–Crippen MR) is 51.4 cm³/mol. The molecule has 2 N–H and O–H groups in total. The monoisotopic (exact) mass is 149 g/mol. The van der Waals surface area contributed by atoms with Gasteiger partial charge in [0.1, 0.15) is 0 Å². The summed E-state index contributed by atoms with van der Waals surface area (Å²) in [5, 5.41) is 0. The van der Waals surface area contributed by atoms with E-state index in [2.05, 4.69) is 31.4 Å². The van der Waals surface area contributed by atoms with Crippen molar-refractivity contribution in [3.8, 4) is 0 Å². The van der Waals surface area contributed by atoms with Crippen molar-refractivity contribution in [2.45, 2.75) is 6.92 Å². The lowest BCUT2D eigenvalue weighted by Gasteiger charge is -1.92. The maximum atomic E-state index is 4.50. The van der Waals surface area contributed by atoms with Gasteiger partial charge in [-0.2, -0.15) is 0 Å². The molecule has 1 aromatic carbocycles. The summed E-state index contributed by atoms with van der Waals surface area (Å²) < 4.78 is 0. The van der Waals surface area contributed by atoms with E-state index < -0.39 is 0 Å². The van der Waals surface area contributed by atoms with Crippen LogP contribution in [0.2, 0.25) is 0 Å². The van der Waals surface area contributed by atoms with E-state index in [1.165, 1.54) is 18.2 Å². The highest BCUT2D eigenvalue weighted by Crippen LogP contribution is 2.03.